The van der Waals surface area contributed by atoms with Gasteiger partial charge in [0.05, 0.1) is 11.0 Å². The lowest BCUT2D eigenvalue weighted by molar-refractivity contribution is -0.135. The number of alkyl halides is 3. The van der Waals surface area contributed by atoms with Gasteiger partial charge in [-0.1, -0.05) is 6.07 Å². The maximum absolute atomic E-state index is 12.0. The summed E-state index contributed by atoms with van der Waals surface area (Å²) >= 11 is 0. The van der Waals surface area contributed by atoms with E-state index in [1.165, 1.54) is 12.4 Å². The number of hydrogen-bond acceptors (Lipinski definition) is 3. The van der Waals surface area contributed by atoms with Crippen molar-refractivity contribution in [1.29, 1.82) is 0 Å². The van der Waals surface area contributed by atoms with E-state index in [-0.39, 0.29) is 18.6 Å². The highest BCUT2D eigenvalue weighted by Crippen LogP contribution is 2.23. The lowest BCUT2D eigenvalue weighted by Gasteiger charge is -2.06. The molecule has 0 fully saturated rings. The molecule has 1 aromatic carbocycles. The van der Waals surface area contributed by atoms with Crippen LogP contribution in [0.1, 0.15) is 29.6 Å². The second kappa shape index (κ2) is 5.34. The van der Waals surface area contributed by atoms with Gasteiger partial charge < -0.3 is 0 Å². The van der Waals surface area contributed by atoms with E-state index in [2.05, 4.69) is 9.97 Å². The first-order valence-electron chi connectivity index (χ1n) is 5.77. The molecule has 0 N–H and O–H groups in total. The van der Waals surface area contributed by atoms with Gasteiger partial charge in [-0.2, -0.15) is 13.2 Å². The standard InChI is InChI=1S/C13H11F3N2O/c14-13(15,16)6-2-5-11(19)9-3-1-4-10-12(9)18-8-7-17-10/h1,3-4,7-8H,2,5-6H2. The molecule has 0 amide bonds. The van der Waals surface area contributed by atoms with Crippen LogP contribution in [-0.2, 0) is 0 Å². The van der Waals surface area contributed by atoms with E-state index in [0.29, 0.717) is 16.6 Å². The molecule has 0 spiro atoms. The molecule has 2 rings (SSSR count). The molecule has 6 heteroatoms. The highest BCUT2D eigenvalue weighted by atomic mass is 19.4. The monoisotopic (exact) mass is 268 g/mol. The molecule has 1 aromatic heterocycles. The summed E-state index contributed by atoms with van der Waals surface area (Å²) in [5.41, 5.74) is 1.32. The van der Waals surface area contributed by atoms with Crippen LogP contribution in [0.5, 0.6) is 0 Å². The molecule has 0 radical (unpaired) electrons. The lowest BCUT2D eigenvalue weighted by Crippen LogP contribution is -2.09. The van der Waals surface area contributed by atoms with Crippen LogP contribution >= 0.6 is 0 Å². The van der Waals surface area contributed by atoms with Gasteiger partial charge in [-0.15, -0.1) is 0 Å². The molecule has 19 heavy (non-hydrogen) atoms. The van der Waals surface area contributed by atoms with Crippen LogP contribution in [0.25, 0.3) is 11.0 Å². The van der Waals surface area contributed by atoms with Crippen molar-refractivity contribution in [2.75, 3.05) is 0 Å². The van der Waals surface area contributed by atoms with Crippen LogP contribution < -0.4 is 0 Å². The van der Waals surface area contributed by atoms with Crippen LogP contribution in [0.15, 0.2) is 30.6 Å². The topological polar surface area (TPSA) is 42.9 Å². The van der Waals surface area contributed by atoms with Crippen molar-refractivity contribution >= 4 is 16.8 Å². The van der Waals surface area contributed by atoms with Gasteiger partial charge in [0.25, 0.3) is 0 Å². The van der Waals surface area contributed by atoms with Crippen LogP contribution in [0.2, 0.25) is 0 Å². The normalized spacial score (nSPS) is 11.7. The third kappa shape index (κ3) is 3.49. The number of Topliss-reactive ketones (excluding diaryl/α,β-unsaturated/α-hetero) is 1. The number of hydrogen-bond donors (Lipinski definition) is 0. The van der Waals surface area contributed by atoms with E-state index in [1.807, 2.05) is 0 Å². The van der Waals surface area contributed by atoms with Gasteiger partial charge in [-0.3, -0.25) is 14.8 Å². The molecule has 0 unspecified atom stereocenters. The molecule has 0 aliphatic rings. The molecule has 1 heterocycles. The van der Waals surface area contributed by atoms with Crippen molar-refractivity contribution in [3.63, 3.8) is 0 Å². The van der Waals surface area contributed by atoms with Gasteiger partial charge >= 0.3 is 6.18 Å². The summed E-state index contributed by atoms with van der Waals surface area (Å²) in [6, 6.07) is 4.91. The fraction of sp³-hybridized carbons (Fsp3) is 0.308. The zero-order chi connectivity index (χ0) is 13.9. The number of carbonyl (C=O) groups is 1. The number of aromatic nitrogens is 2. The van der Waals surface area contributed by atoms with Crippen molar-refractivity contribution in [2.45, 2.75) is 25.4 Å². The second-order valence-electron chi connectivity index (χ2n) is 4.12. The van der Waals surface area contributed by atoms with Crippen molar-refractivity contribution in [2.24, 2.45) is 0 Å². The van der Waals surface area contributed by atoms with Crippen LogP contribution in [0.3, 0.4) is 0 Å². The average molecular weight is 268 g/mol. The van der Waals surface area contributed by atoms with Crippen molar-refractivity contribution in [3.8, 4) is 0 Å². The summed E-state index contributed by atoms with van der Waals surface area (Å²) in [5.74, 6) is -0.338. The average Bonchev–Trinajstić information content (AvgIpc) is 2.36. The van der Waals surface area contributed by atoms with Gasteiger partial charge in [0.15, 0.2) is 5.78 Å². The van der Waals surface area contributed by atoms with E-state index in [0.717, 1.165) is 0 Å². The van der Waals surface area contributed by atoms with Crippen molar-refractivity contribution in [3.05, 3.63) is 36.2 Å². The number of benzene rings is 1. The van der Waals surface area contributed by atoms with Crippen molar-refractivity contribution in [1.82, 2.24) is 9.97 Å². The highest BCUT2D eigenvalue weighted by molar-refractivity contribution is 6.05. The first-order valence-corrected chi connectivity index (χ1v) is 5.77. The number of fused-ring (bicyclic) bond motifs is 1. The number of carbonyl (C=O) groups excluding carboxylic acids is 1. The number of nitrogens with zero attached hydrogens (tertiary/aromatic N) is 2. The lowest BCUT2D eigenvalue weighted by atomic mass is 10.0. The maximum atomic E-state index is 12.0. The molecule has 3 nitrogen and oxygen atoms in total. The largest absolute Gasteiger partial charge is 0.389 e. The molecule has 0 aliphatic heterocycles. The highest BCUT2D eigenvalue weighted by Gasteiger charge is 2.26. The second-order valence-corrected chi connectivity index (χ2v) is 4.12. The summed E-state index contributed by atoms with van der Waals surface area (Å²) in [5, 5.41) is 0. The van der Waals surface area contributed by atoms with Gasteiger partial charge in [0, 0.05) is 30.8 Å². The van der Waals surface area contributed by atoms with E-state index < -0.39 is 12.6 Å². The maximum Gasteiger partial charge on any atom is 0.389 e. The van der Waals surface area contributed by atoms with Crippen LogP contribution in [0, 0.1) is 0 Å². The summed E-state index contributed by atoms with van der Waals surface area (Å²) in [4.78, 5) is 20.0. The van der Waals surface area contributed by atoms with Gasteiger partial charge in [-0.05, 0) is 18.6 Å². The molecule has 0 bridgehead atoms. The van der Waals surface area contributed by atoms with Gasteiger partial charge in [0.1, 0.15) is 0 Å². The predicted molar refractivity (Wildman–Crippen MR) is 63.8 cm³/mol. The fourth-order valence-electron chi connectivity index (χ4n) is 1.80. The third-order valence-corrected chi connectivity index (χ3v) is 2.66. The Hall–Kier alpha value is -1.98. The third-order valence-electron chi connectivity index (χ3n) is 2.66. The Labute approximate surface area is 107 Å². The minimum atomic E-state index is -4.22. The molecule has 0 atom stereocenters. The van der Waals surface area contributed by atoms with Gasteiger partial charge in [-0.25, -0.2) is 0 Å². The zero-order valence-electron chi connectivity index (χ0n) is 9.94. The first kappa shape index (κ1) is 13.5. The Morgan fingerprint density at radius 2 is 1.89 bits per heavy atom. The Bertz CT molecular complexity index is 590. The van der Waals surface area contributed by atoms with E-state index in [4.69, 9.17) is 0 Å². The molecular weight excluding hydrogens is 257 g/mol. The Balaban J connectivity index is 2.14. The summed E-state index contributed by atoms with van der Waals surface area (Å²) in [7, 11) is 0. The van der Waals surface area contributed by atoms with Crippen molar-refractivity contribution < 1.29 is 18.0 Å². The minimum Gasteiger partial charge on any atom is -0.294 e. The summed E-state index contributed by atoms with van der Waals surface area (Å²) < 4.78 is 36.1. The number of para-hydroxylation sites is 1. The van der Waals surface area contributed by atoms with Crippen LogP contribution in [-0.4, -0.2) is 21.9 Å². The minimum absolute atomic E-state index is 0.144. The molecular formula is C13H11F3N2O. The fourth-order valence-corrected chi connectivity index (χ4v) is 1.80. The Morgan fingerprint density at radius 1 is 1.16 bits per heavy atom. The molecule has 0 saturated heterocycles. The number of rotatable bonds is 4. The summed E-state index contributed by atoms with van der Waals surface area (Å²) in [6.07, 6.45) is -2.57. The Morgan fingerprint density at radius 3 is 2.63 bits per heavy atom. The SMILES string of the molecule is O=C(CCCC(F)(F)F)c1cccc2nccnc12. The van der Waals surface area contributed by atoms with E-state index >= 15 is 0 Å². The molecule has 2 aromatic rings. The van der Waals surface area contributed by atoms with E-state index in [9.17, 15) is 18.0 Å². The number of ketones is 1. The molecule has 100 valence electrons. The van der Waals surface area contributed by atoms with Gasteiger partial charge in [0.2, 0.25) is 0 Å². The zero-order valence-corrected chi connectivity index (χ0v) is 9.94. The number of halogens is 3. The smallest absolute Gasteiger partial charge is 0.294 e. The van der Waals surface area contributed by atoms with Crippen LogP contribution in [0.4, 0.5) is 13.2 Å². The Kier molecular flexibility index (Phi) is 3.78. The quantitative estimate of drug-likeness (QED) is 0.796. The molecule has 0 aliphatic carbocycles. The summed E-state index contributed by atoms with van der Waals surface area (Å²) in [6.45, 7) is 0. The molecule has 0 saturated carbocycles. The predicted octanol–water partition coefficient (Wildman–Crippen LogP) is 3.55. The van der Waals surface area contributed by atoms with E-state index in [1.54, 1.807) is 18.2 Å². The first-order chi connectivity index (χ1) is 8.97.